The Labute approximate surface area is 109 Å². The molecule has 4 heteroatoms. The largest absolute Gasteiger partial charge is 0.324 e. The summed E-state index contributed by atoms with van der Waals surface area (Å²) in [5.74, 6) is -0.312. The van der Waals surface area contributed by atoms with Crippen LogP contribution in [0.2, 0.25) is 5.02 Å². The van der Waals surface area contributed by atoms with Crippen molar-refractivity contribution in [2.75, 3.05) is 0 Å². The SMILES string of the molecule is CC(C)(C)CC(N)c1cc(Cl)c(Br)cc1F. The molecule has 1 rings (SSSR count). The fourth-order valence-electron chi connectivity index (χ4n) is 1.59. The van der Waals surface area contributed by atoms with Gasteiger partial charge in [-0.15, -0.1) is 0 Å². The molecule has 0 radical (unpaired) electrons. The van der Waals surface area contributed by atoms with Crippen molar-refractivity contribution >= 4 is 27.5 Å². The smallest absolute Gasteiger partial charge is 0.129 e. The van der Waals surface area contributed by atoms with E-state index in [4.69, 9.17) is 17.3 Å². The zero-order valence-electron chi connectivity index (χ0n) is 9.65. The van der Waals surface area contributed by atoms with Gasteiger partial charge in [-0.2, -0.15) is 0 Å². The molecular weight excluding hydrogens is 292 g/mol. The lowest BCUT2D eigenvalue weighted by Gasteiger charge is -2.23. The normalized spacial score (nSPS) is 13.9. The molecule has 90 valence electrons. The highest BCUT2D eigenvalue weighted by atomic mass is 79.9. The molecule has 0 spiro atoms. The van der Waals surface area contributed by atoms with E-state index in [-0.39, 0.29) is 17.3 Å². The molecule has 0 bridgehead atoms. The Morgan fingerprint density at radius 2 is 2.00 bits per heavy atom. The number of hydrogen-bond acceptors (Lipinski definition) is 1. The van der Waals surface area contributed by atoms with Crippen LogP contribution in [0.25, 0.3) is 0 Å². The molecule has 1 nitrogen and oxygen atoms in total. The number of rotatable bonds is 2. The molecule has 16 heavy (non-hydrogen) atoms. The number of nitrogens with two attached hydrogens (primary N) is 1. The average Bonchev–Trinajstić information content (AvgIpc) is 2.08. The summed E-state index contributed by atoms with van der Waals surface area (Å²) in [5, 5.41) is 0.487. The molecule has 0 fully saturated rings. The van der Waals surface area contributed by atoms with Crippen molar-refractivity contribution in [3.63, 3.8) is 0 Å². The van der Waals surface area contributed by atoms with E-state index < -0.39 is 0 Å². The maximum absolute atomic E-state index is 13.7. The molecule has 0 aliphatic heterocycles. The van der Waals surface area contributed by atoms with Crippen molar-refractivity contribution in [1.82, 2.24) is 0 Å². The van der Waals surface area contributed by atoms with Crippen LogP contribution in [0.4, 0.5) is 4.39 Å². The minimum absolute atomic E-state index is 0.0609. The third-order valence-corrected chi connectivity index (χ3v) is 3.47. The summed E-state index contributed by atoms with van der Waals surface area (Å²) in [6.45, 7) is 6.22. The van der Waals surface area contributed by atoms with Gasteiger partial charge < -0.3 is 5.73 Å². The molecular formula is C12H16BrClFN. The van der Waals surface area contributed by atoms with Crippen LogP contribution in [0.1, 0.15) is 38.8 Å². The lowest BCUT2D eigenvalue weighted by atomic mass is 9.86. The first-order chi connectivity index (χ1) is 7.20. The van der Waals surface area contributed by atoms with E-state index in [9.17, 15) is 4.39 Å². The van der Waals surface area contributed by atoms with E-state index in [1.165, 1.54) is 6.07 Å². The fraction of sp³-hybridized carbons (Fsp3) is 0.500. The van der Waals surface area contributed by atoms with Crippen LogP contribution >= 0.6 is 27.5 Å². The highest BCUT2D eigenvalue weighted by Crippen LogP contribution is 2.33. The molecule has 0 heterocycles. The molecule has 1 unspecified atom stereocenters. The highest BCUT2D eigenvalue weighted by molar-refractivity contribution is 9.10. The molecule has 0 aliphatic carbocycles. The van der Waals surface area contributed by atoms with Crippen LogP contribution in [0.5, 0.6) is 0 Å². The first kappa shape index (κ1) is 13.9. The van der Waals surface area contributed by atoms with Gasteiger partial charge in [0.2, 0.25) is 0 Å². The first-order valence-corrected chi connectivity index (χ1v) is 6.28. The minimum Gasteiger partial charge on any atom is -0.324 e. The first-order valence-electron chi connectivity index (χ1n) is 5.11. The maximum atomic E-state index is 13.7. The predicted octanol–water partition coefficient (Wildman–Crippen LogP) is 4.68. The third-order valence-electron chi connectivity index (χ3n) is 2.27. The van der Waals surface area contributed by atoms with Crippen LogP contribution in [0.15, 0.2) is 16.6 Å². The summed E-state index contributed by atoms with van der Waals surface area (Å²) < 4.78 is 14.2. The summed E-state index contributed by atoms with van der Waals surface area (Å²) in [4.78, 5) is 0. The zero-order chi connectivity index (χ0) is 12.5. The van der Waals surface area contributed by atoms with E-state index in [1.807, 2.05) is 0 Å². The van der Waals surface area contributed by atoms with Gasteiger partial charge in [0.05, 0.1) is 5.02 Å². The van der Waals surface area contributed by atoms with Crippen LogP contribution in [0, 0.1) is 11.2 Å². The van der Waals surface area contributed by atoms with Crippen molar-refractivity contribution in [2.24, 2.45) is 11.1 Å². The maximum Gasteiger partial charge on any atom is 0.129 e. The van der Waals surface area contributed by atoms with Crippen molar-refractivity contribution < 1.29 is 4.39 Å². The molecule has 1 aromatic rings. The van der Waals surface area contributed by atoms with Crippen LogP contribution in [-0.4, -0.2) is 0 Å². The Hall–Kier alpha value is -0.120. The summed E-state index contributed by atoms with van der Waals surface area (Å²) in [6, 6.07) is 2.63. The van der Waals surface area contributed by atoms with Crippen LogP contribution in [-0.2, 0) is 0 Å². The van der Waals surface area contributed by atoms with Crippen molar-refractivity contribution in [3.05, 3.63) is 33.0 Å². The molecule has 0 aromatic heterocycles. The standard InChI is InChI=1S/C12H16BrClFN/c1-12(2,3)6-11(16)7-4-9(14)8(13)5-10(7)15/h4-5,11H,6,16H2,1-3H3. The molecule has 0 saturated heterocycles. The predicted molar refractivity (Wildman–Crippen MR) is 70.1 cm³/mol. The Kier molecular flexibility index (Phi) is 4.38. The molecule has 1 atom stereocenters. The van der Waals surface area contributed by atoms with Gasteiger partial charge in [-0.3, -0.25) is 0 Å². The van der Waals surface area contributed by atoms with Gasteiger partial charge in [-0.1, -0.05) is 32.4 Å². The van der Waals surface area contributed by atoms with Crippen molar-refractivity contribution in [3.8, 4) is 0 Å². The Balaban J connectivity index is 3.00. The minimum atomic E-state index is -0.328. The average molecular weight is 309 g/mol. The molecule has 0 aliphatic rings. The monoisotopic (exact) mass is 307 g/mol. The number of halogens is 3. The third kappa shape index (κ3) is 3.72. The van der Waals surface area contributed by atoms with Crippen molar-refractivity contribution in [2.45, 2.75) is 33.2 Å². The fourth-order valence-corrected chi connectivity index (χ4v) is 2.08. The molecule has 0 saturated carbocycles. The topological polar surface area (TPSA) is 26.0 Å². The van der Waals surface area contributed by atoms with E-state index in [0.717, 1.165) is 0 Å². The van der Waals surface area contributed by atoms with Crippen molar-refractivity contribution in [1.29, 1.82) is 0 Å². The molecule has 0 amide bonds. The summed E-state index contributed by atoms with van der Waals surface area (Å²) in [5.41, 5.74) is 6.52. The second kappa shape index (κ2) is 5.03. The Morgan fingerprint density at radius 1 is 1.44 bits per heavy atom. The van der Waals surface area contributed by atoms with E-state index >= 15 is 0 Å². The van der Waals surface area contributed by atoms with Crippen LogP contribution < -0.4 is 5.73 Å². The lowest BCUT2D eigenvalue weighted by molar-refractivity contribution is 0.339. The van der Waals surface area contributed by atoms with Gasteiger partial charge in [-0.05, 0) is 39.9 Å². The van der Waals surface area contributed by atoms with Crippen LogP contribution in [0.3, 0.4) is 0 Å². The van der Waals surface area contributed by atoms with E-state index in [2.05, 4.69) is 36.7 Å². The second-order valence-corrected chi connectivity index (χ2v) is 6.42. The number of benzene rings is 1. The van der Waals surface area contributed by atoms with Gasteiger partial charge in [0.25, 0.3) is 0 Å². The summed E-state index contributed by atoms with van der Waals surface area (Å²) in [6.07, 6.45) is 0.710. The number of hydrogen-bond donors (Lipinski definition) is 1. The van der Waals surface area contributed by atoms with E-state index in [0.29, 0.717) is 21.5 Å². The van der Waals surface area contributed by atoms with Gasteiger partial charge in [-0.25, -0.2) is 4.39 Å². The lowest BCUT2D eigenvalue weighted by Crippen LogP contribution is -2.19. The Bertz CT molecular complexity index is 387. The summed E-state index contributed by atoms with van der Waals surface area (Å²) in [7, 11) is 0. The highest BCUT2D eigenvalue weighted by Gasteiger charge is 2.20. The summed E-state index contributed by atoms with van der Waals surface area (Å²) >= 11 is 9.11. The molecule has 2 N–H and O–H groups in total. The van der Waals surface area contributed by atoms with Gasteiger partial charge in [0.1, 0.15) is 5.82 Å². The molecule has 1 aromatic carbocycles. The Morgan fingerprint density at radius 3 is 2.50 bits per heavy atom. The van der Waals surface area contributed by atoms with Gasteiger partial charge in [0.15, 0.2) is 0 Å². The second-order valence-electron chi connectivity index (χ2n) is 5.16. The quantitative estimate of drug-likeness (QED) is 0.789. The zero-order valence-corrected chi connectivity index (χ0v) is 12.0. The van der Waals surface area contributed by atoms with Gasteiger partial charge >= 0.3 is 0 Å². The van der Waals surface area contributed by atoms with E-state index in [1.54, 1.807) is 6.07 Å². The van der Waals surface area contributed by atoms with Gasteiger partial charge in [0, 0.05) is 16.1 Å².